The summed E-state index contributed by atoms with van der Waals surface area (Å²) in [6, 6.07) is 1.91. The molecule has 0 aliphatic heterocycles. The van der Waals surface area contributed by atoms with Crippen molar-refractivity contribution >= 4 is 21.4 Å². The second kappa shape index (κ2) is 5.69. The van der Waals surface area contributed by atoms with Gasteiger partial charge < -0.3 is 10.1 Å². The molecule has 3 aromatic rings. The van der Waals surface area contributed by atoms with Gasteiger partial charge in [-0.05, 0) is 12.0 Å². The van der Waals surface area contributed by atoms with Crippen LogP contribution in [0.15, 0.2) is 24.7 Å². The predicted octanol–water partition coefficient (Wildman–Crippen LogP) is 2.93. The minimum absolute atomic E-state index is 0.583. The standard InChI is InChI=1S/C14H17N5OS/c1-9(2)5-16-13-18-19-8-12(17-14(19)21-13)10-4-11(20-3)7-15-6-10/h4,6-9H,5H2,1-3H3,(H,16,18). The summed E-state index contributed by atoms with van der Waals surface area (Å²) in [6.45, 7) is 5.24. The van der Waals surface area contributed by atoms with Crippen LogP contribution in [0.4, 0.5) is 5.13 Å². The van der Waals surface area contributed by atoms with Crippen LogP contribution < -0.4 is 10.1 Å². The summed E-state index contributed by atoms with van der Waals surface area (Å²) in [5, 5.41) is 8.68. The molecule has 0 radical (unpaired) electrons. The predicted molar refractivity (Wildman–Crippen MR) is 84.0 cm³/mol. The fourth-order valence-electron chi connectivity index (χ4n) is 1.87. The van der Waals surface area contributed by atoms with E-state index in [1.807, 2.05) is 12.3 Å². The van der Waals surface area contributed by atoms with E-state index in [2.05, 4.69) is 34.2 Å². The first-order valence-corrected chi connectivity index (χ1v) is 7.57. The fourth-order valence-corrected chi connectivity index (χ4v) is 2.66. The average Bonchev–Trinajstić information content (AvgIpc) is 3.03. The van der Waals surface area contributed by atoms with E-state index in [0.29, 0.717) is 5.92 Å². The maximum atomic E-state index is 5.19. The third-order valence-electron chi connectivity index (χ3n) is 2.95. The van der Waals surface area contributed by atoms with E-state index in [4.69, 9.17) is 4.74 Å². The molecule has 0 fully saturated rings. The second-order valence-electron chi connectivity index (χ2n) is 5.15. The fraction of sp³-hybridized carbons (Fsp3) is 0.357. The Morgan fingerprint density at radius 2 is 2.24 bits per heavy atom. The molecule has 110 valence electrons. The van der Waals surface area contributed by atoms with Gasteiger partial charge in [-0.15, -0.1) is 5.10 Å². The normalized spacial score (nSPS) is 11.2. The van der Waals surface area contributed by atoms with Crippen LogP contribution in [0, 0.1) is 5.92 Å². The Bertz CT molecular complexity index is 717. The smallest absolute Gasteiger partial charge is 0.214 e. The van der Waals surface area contributed by atoms with Gasteiger partial charge in [0.15, 0.2) is 0 Å². The van der Waals surface area contributed by atoms with E-state index in [1.54, 1.807) is 35.4 Å². The molecule has 0 aliphatic carbocycles. The van der Waals surface area contributed by atoms with Crippen LogP contribution in [0.2, 0.25) is 0 Å². The van der Waals surface area contributed by atoms with E-state index < -0.39 is 0 Å². The Balaban J connectivity index is 1.86. The number of anilines is 1. The van der Waals surface area contributed by atoms with Crippen molar-refractivity contribution in [2.24, 2.45) is 5.92 Å². The molecule has 0 unspecified atom stereocenters. The molecule has 21 heavy (non-hydrogen) atoms. The number of imidazole rings is 1. The number of methoxy groups -OCH3 is 1. The maximum absolute atomic E-state index is 5.19. The van der Waals surface area contributed by atoms with Crippen LogP contribution in [-0.4, -0.2) is 33.2 Å². The monoisotopic (exact) mass is 303 g/mol. The van der Waals surface area contributed by atoms with Gasteiger partial charge in [0.05, 0.1) is 25.2 Å². The van der Waals surface area contributed by atoms with E-state index >= 15 is 0 Å². The first kappa shape index (κ1) is 13.8. The molecule has 0 atom stereocenters. The van der Waals surface area contributed by atoms with Gasteiger partial charge in [0.1, 0.15) is 5.75 Å². The minimum Gasteiger partial charge on any atom is -0.495 e. The number of nitrogens with one attached hydrogen (secondary N) is 1. The van der Waals surface area contributed by atoms with Crippen molar-refractivity contribution in [2.45, 2.75) is 13.8 Å². The van der Waals surface area contributed by atoms with E-state index in [0.717, 1.165) is 33.6 Å². The third kappa shape index (κ3) is 2.97. The van der Waals surface area contributed by atoms with Gasteiger partial charge in [0.2, 0.25) is 10.1 Å². The quantitative estimate of drug-likeness (QED) is 0.785. The number of hydrogen-bond acceptors (Lipinski definition) is 6. The number of pyridine rings is 1. The first-order chi connectivity index (χ1) is 10.2. The lowest BCUT2D eigenvalue weighted by molar-refractivity contribution is 0.413. The van der Waals surface area contributed by atoms with Crippen molar-refractivity contribution in [1.82, 2.24) is 19.6 Å². The highest BCUT2D eigenvalue weighted by Crippen LogP contribution is 2.25. The molecule has 7 heteroatoms. The molecule has 3 aromatic heterocycles. The third-order valence-corrected chi connectivity index (χ3v) is 3.83. The topological polar surface area (TPSA) is 64.3 Å². The number of ether oxygens (including phenoxy) is 1. The summed E-state index contributed by atoms with van der Waals surface area (Å²) in [5.74, 6) is 1.30. The Morgan fingerprint density at radius 3 is 2.95 bits per heavy atom. The largest absolute Gasteiger partial charge is 0.495 e. The Kier molecular flexibility index (Phi) is 3.74. The van der Waals surface area contributed by atoms with Gasteiger partial charge in [-0.2, -0.15) is 0 Å². The Labute approximate surface area is 126 Å². The zero-order chi connectivity index (χ0) is 14.8. The summed E-state index contributed by atoms with van der Waals surface area (Å²) in [4.78, 5) is 9.60. The van der Waals surface area contributed by atoms with Crippen molar-refractivity contribution in [3.8, 4) is 17.0 Å². The molecule has 0 aromatic carbocycles. The van der Waals surface area contributed by atoms with Gasteiger partial charge in [0.25, 0.3) is 0 Å². The lowest BCUT2D eigenvalue weighted by atomic mass is 10.2. The zero-order valence-electron chi connectivity index (χ0n) is 12.2. The van der Waals surface area contributed by atoms with Crippen molar-refractivity contribution < 1.29 is 4.74 Å². The van der Waals surface area contributed by atoms with Gasteiger partial charge in [-0.1, -0.05) is 25.2 Å². The first-order valence-electron chi connectivity index (χ1n) is 6.75. The molecular formula is C14H17N5OS. The molecule has 0 saturated carbocycles. The number of hydrogen-bond donors (Lipinski definition) is 1. The van der Waals surface area contributed by atoms with Crippen LogP contribution in [0.25, 0.3) is 16.2 Å². The molecule has 0 saturated heterocycles. The lowest BCUT2D eigenvalue weighted by Gasteiger charge is -2.03. The van der Waals surface area contributed by atoms with Gasteiger partial charge >= 0.3 is 0 Å². The van der Waals surface area contributed by atoms with Crippen LogP contribution >= 0.6 is 11.3 Å². The molecule has 1 N–H and O–H groups in total. The molecule has 0 bridgehead atoms. The van der Waals surface area contributed by atoms with Crippen molar-refractivity contribution in [3.05, 3.63) is 24.7 Å². The molecule has 0 spiro atoms. The van der Waals surface area contributed by atoms with Crippen molar-refractivity contribution in [2.75, 3.05) is 19.0 Å². The SMILES string of the molecule is COc1cncc(-c2cn3nc(NCC(C)C)sc3n2)c1. The molecule has 3 heterocycles. The highest BCUT2D eigenvalue weighted by molar-refractivity contribution is 7.20. The molecule has 0 aliphatic rings. The summed E-state index contributed by atoms with van der Waals surface area (Å²) in [6.07, 6.45) is 5.35. The molecule has 6 nitrogen and oxygen atoms in total. The maximum Gasteiger partial charge on any atom is 0.214 e. The van der Waals surface area contributed by atoms with E-state index in [9.17, 15) is 0 Å². The highest BCUT2D eigenvalue weighted by atomic mass is 32.1. The number of aromatic nitrogens is 4. The van der Waals surface area contributed by atoms with Crippen molar-refractivity contribution in [3.63, 3.8) is 0 Å². The Morgan fingerprint density at radius 1 is 1.38 bits per heavy atom. The number of nitrogens with zero attached hydrogens (tertiary/aromatic N) is 4. The van der Waals surface area contributed by atoms with Gasteiger partial charge in [-0.25, -0.2) is 9.50 Å². The van der Waals surface area contributed by atoms with Crippen LogP contribution in [0.1, 0.15) is 13.8 Å². The molecule has 3 rings (SSSR count). The second-order valence-corrected chi connectivity index (χ2v) is 6.10. The zero-order valence-corrected chi connectivity index (χ0v) is 13.0. The van der Waals surface area contributed by atoms with Crippen LogP contribution in [-0.2, 0) is 0 Å². The molecule has 0 amide bonds. The van der Waals surface area contributed by atoms with E-state index in [-0.39, 0.29) is 0 Å². The summed E-state index contributed by atoms with van der Waals surface area (Å²) < 4.78 is 6.98. The summed E-state index contributed by atoms with van der Waals surface area (Å²) in [7, 11) is 1.63. The summed E-state index contributed by atoms with van der Waals surface area (Å²) >= 11 is 1.54. The van der Waals surface area contributed by atoms with Crippen molar-refractivity contribution in [1.29, 1.82) is 0 Å². The minimum atomic E-state index is 0.583. The number of fused-ring (bicyclic) bond motifs is 1. The van der Waals surface area contributed by atoms with Gasteiger partial charge in [0, 0.05) is 18.3 Å². The van der Waals surface area contributed by atoms with Crippen LogP contribution in [0.5, 0.6) is 5.75 Å². The van der Waals surface area contributed by atoms with Gasteiger partial charge in [-0.3, -0.25) is 4.98 Å². The summed E-state index contributed by atoms with van der Waals surface area (Å²) in [5.41, 5.74) is 1.76. The highest BCUT2D eigenvalue weighted by Gasteiger charge is 2.10. The van der Waals surface area contributed by atoms with E-state index in [1.165, 1.54) is 0 Å². The molecular weight excluding hydrogens is 286 g/mol. The Hall–Kier alpha value is -2.15. The van der Waals surface area contributed by atoms with Crippen LogP contribution in [0.3, 0.4) is 0 Å². The average molecular weight is 303 g/mol. The number of rotatable bonds is 5. The lowest BCUT2D eigenvalue weighted by Crippen LogP contribution is -2.07.